The standard InChI is InChI=1S/C29H27B2N3O4/c35-30(36)27-6-1-22(2-7-27)20-33-15-11-24(12-16-33)26-5-10-29(32-19-26)25-13-17-34(18-14-25)21-23-3-8-28(9-4-23)31(37)38/h1-19,35-38H,20-21H2/q+2. The topological polar surface area (TPSA) is 102 Å². The van der Waals surface area contributed by atoms with Gasteiger partial charge < -0.3 is 20.1 Å². The summed E-state index contributed by atoms with van der Waals surface area (Å²) >= 11 is 0. The van der Waals surface area contributed by atoms with Crippen molar-refractivity contribution in [1.29, 1.82) is 0 Å². The van der Waals surface area contributed by atoms with Gasteiger partial charge in [-0.25, -0.2) is 9.13 Å². The van der Waals surface area contributed by atoms with E-state index in [0.717, 1.165) is 33.5 Å². The van der Waals surface area contributed by atoms with E-state index >= 15 is 0 Å². The zero-order valence-electron chi connectivity index (χ0n) is 20.7. The molecule has 0 aliphatic heterocycles. The fraction of sp³-hybridized carbons (Fsp3) is 0.0690. The van der Waals surface area contributed by atoms with Crippen molar-refractivity contribution in [2.45, 2.75) is 13.1 Å². The lowest BCUT2D eigenvalue weighted by Crippen LogP contribution is -2.34. The molecule has 5 rings (SSSR count). The third-order valence-electron chi connectivity index (χ3n) is 6.46. The van der Waals surface area contributed by atoms with Crippen LogP contribution in [0, 0.1) is 0 Å². The van der Waals surface area contributed by atoms with Crippen LogP contribution in [0.15, 0.2) is 116 Å². The normalized spacial score (nSPS) is 10.8. The Morgan fingerprint density at radius 2 is 0.947 bits per heavy atom. The molecular formula is C29H27B2N3O4+2. The van der Waals surface area contributed by atoms with Gasteiger partial charge in [-0.15, -0.1) is 0 Å². The predicted molar refractivity (Wildman–Crippen MR) is 146 cm³/mol. The van der Waals surface area contributed by atoms with Crippen molar-refractivity contribution < 1.29 is 29.2 Å². The molecule has 3 aromatic heterocycles. The van der Waals surface area contributed by atoms with Crippen LogP contribution in [0.1, 0.15) is 11.1 Å². The SMILES string of the molecule is OB(O)c1ccc(C[n+]2ccc(-c3ccc(-c4cc[n+](Cc5ccc(B(O)O)cc5)cc4)nc3)cc2)cc1. The van der Waals surface area contributed by atoms with Gasteiger partial charge in [0.25, 0.3) is 0 Å². The first kappa shape index (κ1) is 25.5. The second-order valence-electron chi connectivity index (χ2n) is 9.18. The van der Waals surface area contributed by atoms with Crippen molar-refractivity contribution in [2.24, 2.45) is 0 Å². The van der Waals surface area contributed by atoms with Crippen molar-refractivity contribution in [2.75, 3.05) is 0 Å². The number of hydrogen-bond donors (Lipinski definition) is 4. The summed E-state index contributed by atoms with van der Waals surface area (Å²) < 4.78 is 4.13. The van der Waals surface area contributed by atoms with Crippen LogP contribution in [0.2, 0.25) is 0 Å². The first-order valence-electron chi connectivity index (χ1n) is 12.3. The summed E-state index contributed by atoms with van der Waals surface area (Å²) in [4.78, 5) is 4.67. The highest BCUT2D eigenvalue weighted by molar-refractivity contribution is 6.58. The molecule has 0 fully saturated rings. The third kappa shape index (κ3) is 6.22. The van der Waals surface area contributed by atoms with Gasteiger partial charge in [0.05, 0.1) is 5.69 Å². The highest BCUT2D eigenvalue weighted by atomic mass is 16.4. The fourth-order valence-corrected chi connectivity index (χ4v) is 4.24. The van der Waals surface area contributed by atoms with Crippen LogP contribution in [-0.4, -0.2) is 39.3 Å². The quantitative estimate of drug-likeness (QED) is 0.182. The lowest BCUT2D eigenvalue weighted by atomic mass is 9.80. The minimum Gasteiger partial charge on any atom is -0.423 e. The lowest BCUT2D eigenvalue weighted by molar-refractivity contribution is -0.688. The Hall–Kier alpha value is -4.14. The van der Waals surface area contributed by atoms with Crippen molar-refractivity contribution >= 4 is 25.2 Å². The molecule has 0 aliphatic carbocycles. The van der Waals surface area contributed by atoms with E-state index in [-0.39, 0.29) is 0 Å². The summed E-state index contributed by atoms with van der Waals surface area (Å²) in [5.41, 5.74) is 7.12. The highest BCUT2D eigenvalue weighted by Gasteiger charge is 2.13. The average molecular weight is 503 g/mol. The minimum atomic E-state index is -1.45. The van der Waals surface area contributed by atoms with Crippen molar-refractivity contribution in [3.8, 4) is 22.4 Å². The molecule has 0 saturated carbocycles. The van der Waals surface area contributed by atoms with E-state index in [1.807, 2.05) is 73.4 Å². The molecule has 0 bridgehead atoms. The summed E-state index contributed by atoms with van der Waals surface area (Å²) in [7, 11) is -2.90. The summed E-state index contributed by atoms with van der Waals surface area (Å²) in [5, 5.41) is 37.0. The molecule has 0 saturated heterocycles. The molecule has 4 N–H and O–H groups in total. The number of nitrogens with zero attached hydrogens (tertiary/aromatic N) is 3. The smallest absolute Gasteiger partial charge is 0.423 e. The highest BCUT2D eigenvalue weighted by Crippen LogP contribution is 2.21. The molecule has 9 heteroatoms. The van der Waals surface area contributed by atoms with Crippen LogP contribution < -0.4 is 20.1 Å². The Morgan fingerprint density at radius 3 is 1.34 bits per heavy atom. The maximum Gasteiger partial charge on any atom is 0.488 e. The molecule has 2 aromatic carbocycles. The van der Waals surface area contributed by atoms with E-state index < -0.39 is 14.2 Å². The number of rotatable bonds is 8. The molecule has 7 nitrogen and oxygen atoms in total. The molecule has 3 heterocycles. The van der Waals surface area contributed by atoms with Crippen LogP contribution in [0.5, 0.6) is 0 Å². The Labute approximate surface area is 221 Å². The zero-order chi connectivity index (χ0) is 26.5. The molecule has 0 atom stereocenters. The van der Waals surface area contributed by atoms with Gasteiger partial charge in [0.1, 0.15) is 0 Å². The molecule has 38 heavy (non-hydrogen) atoms. The van der Waals surface area contributed by atoms with Gasteiger partial charge in [0.15, 0.2) is 37.9 Å². The van der Waals surface area contributed by atoms with Gasteiger partial charge >= 0.3 is 14.2 Å². The van der Waals surface area contributed by atoms with Gasteiger partial charge in [-0.2, -0.15) is 0 Å². The van der Waals surface area contributed by atoms with Crippen LogP contribution in [-0.2, 0) is 13.1 Å². The van der Waals surface area contributed by atoms with E-state index in [2.05, 4.69) is 32.3 Å². The Kier molecular flexibility index (Phi) is 7.72. The van der Waals surface area contributed by atoms with Crippen molar-refractivity contribution in [3.05, 3.63) is 127 Å². The number of benzene rings is 2. The molecule has 5 aromatic rings. The molecule has 0 amide bonds. The molecule has 0 radical (unpaired) electrons. The van der Waals surface area contributed by atoms with Gasteiger partial charge in [-0.3, -0.25) is 4.98 Å². The molecule has 0 aliphatic rings. The fourth-order valence-electron chi connectivity index (χ4n) is 4.24. The Morgan fingerprint density at radius 1 is 0.500 bits per heavy atom. The van der Waals surface area contributed by atoms with E-state index in [1.165, 1.54) is 0 Å². The summed E-state index contributed by atoms with van der Waals surface area (Å²) in [5.74, 6) is 0. The van der Waals surface area contributed by atoms with E-state index in [4.69, 9.17) is 0 Å². The summed E-state index contributed by atoms with van der Waals surface area (Å²) in [6, 6.07) is 26.7. The van der Waals surface area contributed by atoms with E-state index in [9.17, 15) is 20.1 Å². The number of pyridine rings is 3. The lowest BCUT2D eigenvalue weighted by Gasteiger charge is -2.05. The Bertz CT molecular complexity index is 1360. The van der Waals surface area contributed by atoms with Crippen LogP contribution in [0.25, 0.3) is 22.4 Å². The van der Waals surface area contributed by atoms with Gasteiger partial charge in [0.2, 0.25) is 0 Å². The van der Waals surface area contributed by atoms with E-state index in [0.29, 0.717) is 24.0 Å². The zero-order valence-corrected chi connectivity index (χ0v) is 20.7. The monoisotopic (exact) mass is 503 g/mol. The largest absolute Gasteiger partial charge is 0.488 e. The van der Waals surface area contributed by atoms with E-state index in [1.54, 1.807) is 24.3 Å². The molecule has 0 spiro atoms. The minimum absolute atomic E-state index is 0.477. The second-order valence-corrected chi connectivity index (χ2v) is 9.18. The third-order valence-corrected chi connectivity index (χ3v) is 6.46. The predicted octanol–water partition coefficient (Wildman–Crippen LogP) is 0.447. The summed E-state index contributed by atoms with van der Waals surface area (Å²) in [6.45, 7) is 1.37. The first-order chi connectivity index (χ1) is 18.4. The first-order valence-corrected chi connectivity index (χ1v) is 12.3. The van der Waals surface area contributed by atoms with Crippen LogP contribution in [0.3, 0.4) is 0 Å². The summed E-state index contributed by atoms with van der Waals surface area (Å²) in [6.07, 6.45) is 9.94. The van der Waals surface area contributed by atoms with Gasteiger partial charge in [-0.05, 0) is 22.6 Å². The van der Waals surface area contributed by atoms with Gasteiger partial charge in [0, 0.05) is 52.7 Å². The average Bonchev–Trinajstić information content (AvgIpc) is 2.95. The molecule has 0 unspecified atom stereocenters. The maximum absolute atomic E-state index is 9.24. The number of aromatic nitrogens is 3. The molecular weight excluding hydrogens is 476 g/mol. The Balaban J connectivity index is 1.21. The van der Waals surface area contributed by atoms with Gasteiger partial charge in [-0.1, -0.05) is 54.6 Å². The maximum atomic E-state index is 9.24. The second kappa shape index (κ2) is 11.5. The van der Waals surface area contributed by atoms with Crippen LogP contribution >= 0.6 is 0 Å². The van der Waals surface area contributed by atoms with Crippen LogP contribution in [0.4, 0.5) is 0 Å². The van der Waals surface area contributed by atoms with Crippen molar-refractivity contribution in [1.82, 2.24) is 4.98 Å². The molecule has 186 valence electrons. The number of hydrogen-bond acceptors (Lipinski definition) is 5. The van der Waals surface area contributed by atoms with Crippen molar-refractivity contribution in [3.63, 3.8) is 0 Å².